The molecule has 31 heavy (non-hydrogen) atoms. The van der Waals surface area contributed by atoms with Crippen molar-refractivity contribution in [1.29, 1.82) is 0 Å². The number of carbonyl (C=O) groups excluding carboxylic acids is 3. The molecule has 0 aliphatic heterocycles. The highest BCUT2D eigenvalue weighted by molar-refractivity contribution is 7.92. The van der Waals surface area contributed by atoms with E-state index in [1.807, 2.05) is 0 Å². The second kappa shape index (κ2) is 9.94. The maximum atomic E-state index is 12.3. The van der Waals surface area contributed by atoms with Crippen molar-refractivity contribution in [1.82, 2.24) is 0 Å². The van der Waals surface area contributed by atoms with Gasteiger partial charge in [-0.3, -0.25) is 9.10 Å². The number of benzene rings is 2. The Labute approximate surface area is 179 Å². The summed E-state index contributed by atoms with van der Waals surface area (Å²) < 4.78 is 39.0. The van der Waals surface area contributed by atoms with Crippen molar-refractivity contribution in [3.63, 3.8) is 0 Å². The molecule has 0 heterocycles. The van der Waals surface area contributed by atoms with Crippen LogP contribution in [-0.2, 0) is 24.3 Å². The molecule has 0 radical (unpaired) electrons. The van der Waals surface area contributed by atoms with Crippen molar-refractivity contribution in [2.75, 3.05) is 43.8 Å². The molecule has 2 aromatic carbocycles. The predicted molar refractivity (Wildman–Crippen MR) is 113 cm³/mol. The molecular formula is C20H22N2O8S. The molecule has 0 aliphatic rings. The second-order valence-electron chi connectivity index (χ2n) is 6.30. The average molecular weight is 450 g/mol. The zero-order valence-electron chi connectivity index (χ0n) is 17.4. The topological polar surface area (TPSA) is 128 Å². The number of hydrogen-bond donors (Lipinski definition) is 1. The first-order chi connectivity index (χ1) is 14.6. The Morgan fingerprint density at radius 1 is 0.968 bits per heavy atom. The van der Waals surface area contributed by atoms with E-state index in [1.54, 1.807) is 0 Å². The molecule has 2 rings (SSSR count). The summed E-state index contributed by atoms with van der Waals surface area (Å²) in [5.74, 6) is -1.60. The van der Waals surface area contributed by atoms with Crippen molar-refractivity contribution in [2.24, 2.45) is 0 Å². The maximum Gasteiger partial charge on any atom is 0.339 e. The molecule has 0 spiro atoms. The number of rotatable bonds is 8. The van der Waals surface area contributed by atoms with Gasteiger partial charge in [0.2, 0.25) is 10.0 Å². The molecule has 11 heteroatoms. The Morgan fingerprint density at radius 3 is 2.13 bits per heavy atom. The van der Waals surface area contributed by atoms with Crippen LogP contribution in [0.25, 0.3) is 0 Å². The number of nitrogens with one attached hydrogen (secondary N) is 1. The quantitative estimate of drug-likeness (QED) is 0.602. The molecule has 0 atom stereocenters. The Morgan fingerprint density at radius 2 is 1.58 bits per heavy atom. The van der Waals surface area contributed by atoms with Gasteiger partial charge in [-0.25, -0.2) is 18.0 Å². The van der Waals surface area contributed by atoms with Crippen LogP contribution in [0, 0.1) is 0 Å². The number of sulfonamides is 1. The van der Waals surface area contributed by atoms with E-state index in [0.29, 0.717) is 11.4 Å². The van der Waals surface area contributed by atoms with Crippen molar-refractivity contribution < 1.29 is 37.0 Å². The first-order valence-corrected chi connectivity index (χ1v) is 10.7. The third kappa shape index (κ3) is 6.19. The first kappa shape index (κ1) is 23.7. The van der Waals surface area contributed by atoms with Crippen LogP contribution < -0.4 is 14.4 Å². The Hall–Kier alpha value is -3.60. The zero-order valence-corrected chi connectivity index (χ0v) is 18.2. The molecule has 2 aromatic rings. The summed E-state index contributed by atoms with van der Waals surface area (Å²) in [6, 6.07) is 10.1. The van der Waals surface area contributed by atoms with Gasteiger partial charge in [-0.1, -0.05) is 0 Å². The van der Waals surface area contributed by atoms with Crippen LogP contribution in [-0.4, -0.2) is 60.4 Å². The van der Waals surface area contributed by atoms with Crippen LogP contribution in [0.4, 0.5) is 11.4 Å². The highest BCUT2D eigenvalue weighted by Crippen LogP contribution is 2.22. The van der Waals surface area contributed by atoms with Gasteiger partial charge in [0.15, 0.2) is 6.61 Å². The Kier molecular flexibility index (Phi) is 7.59. The van der Waals surface area contributed by atoms with Gasteiger partial charge in [-0.2, -0.15) is 0 Å². The molecular weight excluding hydrogens is 428 g/mol. The summed E-state index contributed by atoms with van der Waals surface area (Å²) in [4.78, 5) is 36.0. The van der Waals surface area contributed by atoms with Gasteiger partial charge in [-0.15, -0.1) is 0 Å². The fourth-order valence-corrected chi connectivity index (χ4v) is 2.96. The molecule has 10 nitrogen and oxygen atoms in total. The van der Waals surface area contributed by atoms with Gasteiger partial charge < -0.3 is 19.5 Å². The summed E-state index contributed by atoms with van der Waals surface area (Å²) in [5.41, 5.74) is 0.684. The fourth-order valence-electron chi connectivity index (χ4n) is 2.46. The Bertz CT molecular complexity index is 1080. The minimum atomic E-state index is -3.40. The highest BCUT2D eigenvalue weighted by Gasteiger charge is 2.18. The third-order valence-corrected chi connectivity index (χ3v) is 5.39. The van der Waals surface area contributed by atoms with Gasteiger partial charge in [0.25, 0.3) is 5.91 Å². The molecule has 0 saturated heterocycles. The van der Waals surface area contributed by atoms with Crippen LogP contribution in [0.1, 0.15) is 20.7 Å². The fraction of sp³-hybridized carbons (Fsp3) is 0.250. The number of carbonyl (C=O) groups is 3. The van der Waals surface area contributed by atoms with Crippen LogP contribution in [0.15, 0.2) is 42.5 Å². The summed E-state index contributed by atoms with van der Waals surface area (Å²) >= 11 is 0. The Balaban J connectivity index is 2.10. The lowest BCUT2D eigenvalue weighted by molar-refractivity contribution is -0.118. The number of nitrogens with zero attached hydrogens (tertiary/aromatic N) is 1. The number of ether oxygens (including phenoxy) is 3. The van der Waals surface area contributed by atoms with Crippen molar-refractivity contribution in [3.05, 3.63) is 53.6 Å². The first-order valence-electron chi connectivity index (χ1n) is 8.84. The normalized spacial score (nSPS) is 10.7. The predicted octanol–water partition coefficient (Wildman–Crippen LogP) is 1.67. The van der Waals surface area contributed by atoms with Gasteiger partial charge >= 0.3 is 11.9 Å². The molecule has 0 unspecified atom stereocenters. The van der Waals surface area contributed by atoms with Gasteiger partial charge in [0.05, 0.1) is 43.0 Å². The lowest BCUT2D eigenvalue weighted by Crippen LogP contribution is -2.24. The molecule has 0 aliphatic carbocycles. The van der Waals surface area contributed by atoms with Crippen molar-refractivity contribution in [3.8, 4) is 5.75 Å². The lowest BCUT2D eigenvalue weighted by atomic mass is 10.1. The molecule has 0 bridgehead atoms. The minimum Gasteiger partial charge on any atom is -0.484 e. The van der Waals surface area contributed by atoms with Crippen LogP contribution >= 0.6 is 0 Å². The minimum absolute atomic E-state index is 0.0525. The van der Waals surface area contributed by atoms with E-state index in [9.17, 15) is 22.8 Å². The lowest BCUT2D eigenvalue weighted by Gasteiger charge is -2.17. The van der Waals surface area contributed by atoms with E-state index in [1.165, 1.54) is 63.7 Å². The van der Waals surface area contributed by atoms with E-state index < -0.39 is 34.5 Å². The van der Waals surface area contributed by atoms with Gasteiger partial charge in [0, 0.05) is 7.05 Å². The summed E-state index contributed by atoms with van der Waals surface area (Å²) in [6.45, 7) is -0.398. The van der Waals surface area contributed by atoms with Crippen LogP contribution in [0.5, 0.6) is 5.75 Å². The van der Waals surface area contributed by atoms with Crippen molar-refractivity contribution in [2.45, 2.75) is 0 Å². The monoisotopic (exact) mass is 450 g/mol. The zero-order chi connectivity index (χ0) is 23.2. The molecule has 1 amide bonds. The third-order valence-electron chi connectivity index (χ3n) is 4.19. The number of hydrogen-bond acceptors (Lipinski definition) is 8. The highest BCUT2D eigenvalue weighted by atomic mass is 32.2. The van der Waals surface area contributed by atoms with E-state index in [0.717, 1.165) is 10.6 Å². The van der Waals surface area contributed by atoms with E-state index in [-0.39, 0.29) is 16.8 Å². The number of amides is 1. The number of methoxy groups -OCH3 is 2. The summed E-state index contributed by atoms with van der Waals surface area (Å²) in [7, 11) is 0.421. The molecule has 0 aromatic heterocycles. The number of esters is 2. The summed E-state index contributed by atoms with van der Waals surface area (Å²) in [5, 5.41) is 2.50. The largest absolute Gasteiger partial charge is 0.484 e. The van der Waals surface area contributed by atoms with Gasteiger partial charge in [0.1, 0.15) is 5.75 Å². The maximum absolute atomic E-state index is 12.3. The second-order valence-corrected chi connectivity index (χ2v) is 8.32. The standard InChI is InChI=1S/C20H22N2O8S/c1-22(31(4,26)27)14-6-8-15(9-7-14)30-12-18(23)21-17-11-13(19(24)28-2)5-10-16(17)20(25)29-3/h5-11H,12H2,1-4H3,(H,21,23). The van der Waals surface area contributed by atoms with E-state index in [2.05, 4.69) is 14.8 Å². The average Bonchev–Trinajstić information content (AvgIpc) is 2.75. The summed E-state index contributed by atoms with van der Waals surface area (Å²) in [6.07, 6.45) is 1.08. The SMILES string of the molecule is COC(=O)c1ccc(C(=O)OC)c(NC(=O)COc2ccc(N(C)S(C)(=O)=O)cc2)c1. The molecule has 166 valence electrons. The molecule has 0 fully saturated rings. The van der Waals surface area contributed by atoms with E-state index >= 15 is 0 Å². The molecule has 0 saturated carbocycles. The number of anilines is 2. The molecule has 1 N–H and O–H groups in total. The van der Waals surface area contributed by atoms with Gasteiger partial charge in [-0.05, 0) is 42.5 Å². The van der Waals surface area contributed by atoms with Crippen LogP contribution in [0.3, 0.4) is 0 Å². The smallest absolute Gasteiger partial charge is 0.339 e. The van der Waals surface area contributed by atoms with Crippen LogP contribution in [0.2, 0.25) is 0 Å². The van der Waals surface area contributed by atoms with E-state index in [4.69, 9.17) is 4.74 Å². The van der Waals surface area contributed by atoms with Crippen molar-refractivity contribution >= 4 is 39.2 Å².